The number of hydrogen-bond donors (Lipinski definition) is 1. The van der Waals surface area contributed by atoms with E-state index in [1.807, 2.05) is 6.07 Å². The zero-order chi connectivity index (χ0) is 13.0. The molecule has 1 aromatic carbocycles. The highest BCUT2D eigenvalue weighted by molar-refractivity contribution is 9.11. The Balaban J connectivity index is 3.63. The number of halogens is 2. The smallest absolute Gasteiger partial charge is 0.148 e. The van der Waals surface area contributed by atoms with Gasteiger partial charge in [-0.2, -0.15) is 15.8 Å². The average molecular weight is 352 g/mol. The number of nitriles is 3. The van der Waals surface area contributed by atoms with Gasteiger partial charge in [0, 0.05) is 10.0 Å². The Bertz CT molecular complexity index is 611. The molecule has 82 valence electrons. The summed E-state index contributed by atoms with van der Waals surface area (Å²) in [4.78, 5) is 0. The summed E-state index contributed by atoms with van der Waals surface area (Å²) < 4.78 is 1.15. The number of hydrogen-bond acceptors (Lipinski definition) is 4. The van der Waals surface area contributed by atoms with Crippen molar-refractivity contribution in [3.63, 3.8) is 0 Å². The van der Waals surface area contributed by atoms with Gasteiger partial charge in [-0.05, 0) is 37.9 Å². The van der Waals surface area contributed by atoms with Gasteiger partial charge in [0.25, 0.3) is 0 Å². The lowest BCUT2D eigenvalue weighted by Gasteiger charge is -2.07. The Kier molecular flexibility index (Phi) is 4.29. The van der Waals surface area contributed by atoms with Gasteiger partial charge in [-0.1, -0.05) is 6.07 Å². The van der Waals surface area contributed by atoms with Gasteiger partial charge in [-0.3, -0.25) is 0 Å². The van der Waals surface area contributed by atoms with Gasteiger partial charge in [0.2, 0.25) is 0 Å². The highest BCUT2D eigenvalue weighted by Gasteiger charge is 2.15. The Morgan fingerprint density at radius 1 is 1.06 bits per heavy atom. The van der Waals surface area contributed by atoms with Crippen LogP contribution in [-0.4, -0.2) is 0 Å². The van der Waals surface area contributed by atoms with Crippen molar-refractivity contribution in [2.24, 2.45) is 0 Å². The van der Waals surface area contributed by atoms with E-state index >= 15 is 0 Å². The molecule has 0 aliphatic carbocycles. The van der Waals surface area contributed by atoms with Crippen LogP contribution >= 0.6 is 31.9 Å². The van der Waals surface area contributed by atoms with Crippen LogP contribution in [0.1, 0.15) is 5.56 Å². The molecule has 0 spiro atoms. The van der Waals surface area contributed by atoms with E-state index in [4.69, 9.17) is 21.5 Å². The number of nitrogens with two attached hydrogens (primary N) is 1. The molecule has 0 heterocycles. The third kappa shape index (κ3) is 2.47. The molecule has 1 aromatic rings. The van der Waals surface area contributed by atoms with Gasteiger partial charge in [0.1, 0.15) is 23.8 Å². The van der Waals surface area contributed by atoms with Crippen molar-refractivity contribution in [2.45, 2.75) is 0 Å². The summed E-state index contributed by atoms with van der Waals surface area (Å²) in [6, 6.07) is 8.47. The van der Waals surface area contributed by atoms with Crippen molar-refractivity contribution in [3.05, 3.63) is 32.2 Å². The normalized spacial score (nSPS) is 8.65. The summed E-state index contributed by atoms with van der Waals surface area (Å²) in [6.07, 6.45) is 0. The Morgan fingerprint density at radius 3 is 2.12 bits per heavy atom. The first-order valence-electron chi connectivity index (χ1n) is 4.25. The van der Waals surface area contributed by atoms with Gasteiger partial charge >= 0.3 is 0 Å². The van der Waals surface area contributed by atoms with E-state index in [9.17, 15) is 0 Å². The van der Waals surface area contributed by atoms with Crippen LogP contribution in [0.2, 0.25) is 0 Å². The first kappa shape index (κ1) is 13.3. The van der Waals surface area contributed by atoms with Crippen LogP contribution in [0.25, 0.3) is 5.57 Å². The highest BCUT2D eigenvalue weighted by atomic mass is 79.9. The van der Waals surface area contributed by atoms with E-state index in [-0.39, 0.29) is 11.1 Å². The van der Waals surface area contributed by atoms with Crippen LogP contribution in [0.3, 0.4) is 0 Å². The summed E-state index contributed by atoms with van der Waals surface area (Å²) in [5.74, 6) is 0. The molecule has 0 radical (unpaired) electrons. The number of anilines is 1. The van der Waals surface area contributed by atoms with Crippen molar-refractivity contribution < 1.29 is 0 Å². The number of nitrogen functional groups attached to an aromatic ring is 1. The molecular weight excluding hydrogens is 348 g/mol. The zero-order valence-corrected chi connectivity index (χ0v) is 11.5. The lowest BCUT2D eigenvalue weighted by molar-refractivity contribution is 1.44. The molecule has 2 N–H and O–H groups in total. The van der Waals surface area contributed by atoms with Crippen molar-refractivity contribution in [2.75, 3.05) is 5.73 Å². The second-order valence-corrected chi connectivity index (χ2v) is 4.56. The SMILES string of the molecule is N#CC(C#N)=C(C#N)c1ccc(Br)c(N)c1Br. The topological polar surface area (TPSA) is 97.4 Å². The first-order chi connectivity index (χ1) is 8.06. The predicted octanol–water partition coefficient (Wildman–Crippen LogP) is 3.12. The quantitative estimate of drug-likeness (QED) is 0.620. The minimum atomic E-state index is -0.241. The summed E-state index contributed by atoms with van der Waals surface area (Å²) in [6.45, 7) is 0. The van der Waals surface area contributed by atoms with Gasteiger partial charge in [-0.25, -0.2) is 0 Å². The van der Waals surface area contributed by atoms with Crippen LogP contribution in [0.15, 0.2) is 26.7 Å². The Morgan fingerprint density at radius 2 is 1.65 bits per heavy atom. The van der Waals surface area contributed by atoms with Crippen LogP contribution in [0.4, 0.5) is 5.69 Å². The van der Waals surface area contributed by atoms with E-state index < -0.39 is 0 Å². The molecule has 6 heteroatoms. The highest BCUT2D eigenvalue weighted by Crippen LogP contribution is 2.35. The molecule has 0 amide bonds. The monoisotopic (exact) mass is 350 g/mol. The van der Waals surface area contributed by atoms with E-state index in [0.717, 1.165) is 0 Å². The predicted molar refractivity (Wildman–Crippen MR) is 70.0 cm³/mol. The fourth-order valence-electron chi connectivity index (χ4n) is 1.15. The summed E-state index contributed by atoms with van der Waals surface area (Å²) in [7, 11) is 0. The molecule has 0 saturated heterocycles. The van der Waals surface area contributed by atoms with Crippen molar-refractivity contribution in [1.29, 1.82) is 15.8 Å². The Labute approximate surface area is 115 Å². The maximum Gasteiger partial charge on any atom is 0.148 e. The second kappa shape index (κ2) is 5.50. The molecule has 0 unspecified atom stereocenters. The summed E-state index contributed by atoms with van der Waals surface area (Å²) >= 11 is 6.48. The van der Waals surface area contributed by atoms with Crippen molar-refractivity contribution >= 4 is 43.1 Å². The maximum absolute atomic E-state index is 9.01. The van der Waals surface area contributed by atoms with Crippen LogP contribution in [0, 0.1) is 34.0 Å². The van der Waals surface area contributed by atoms with E-state index in [1.54, 1.807) is 24.3 Å². The third-order valence-electron chi connectivity index (χ3n) is 1.98. The molecule has 0 fully saturated rings. The fraction of sp³-hybridized carbons (Fsp3) is 0. The molecule has 0 aliphatic heterocycles. The van der Waals surface area contributed by atoms with Gasteiger partial charge in [0.05, 0.1) is 15.7 Å². The zero-order valence-electron chi connectivity index (χ0n) is 8.33. The fourth-order valence-corrected chi connectivity index (χ4v) is 2.29. The standard InChI is InChI=1S/C11H4Br2N4/c12-9-2-1-7(10(13)11(9)17)8(5-16)6(3-14)4-15/h1-2H,17H2. The van der Waals surface area contributed by atoms with Gasteiger partial charge < -0.3 is 5.73 Å². The molecular formula is C11H4Br2N4. The lowest BCUT2D eigenvalue weighted by Crippen LogP contribution is -1.94. The maximum atomic E-state index is 9.01. The van der Waals surface area contributed by atoms with Crippen molar-refractivity contribution in [3.8, 4) is 18.2 Å². The molecule has 4 nitrogen and oxygen atoms in total. The number of nitrogens with zero attached hydrogens (tertiary/aromatic N) is 3. The van der Waals surface area contributed by atoms with Gasteiger partial charge in [0.15, 0.2) is 0 Å². The van der Waals surface area contributed by atoms with Crippen LogP contribution in [-0.2, 0) is 0 Å². The minimum Gasteiger partial charge on any atom is -0.397 e. The summed E-state index contributed by atoms with van der Waals surface area (Å²) in [5, 5.41) is 26.5. The second-order valence-electron chi connectivity index (χ2n) is 2.91. The van der Waals surface area contributed by atoms with Crippen LogP contribution in [0.5, 0.6) is 0 Å². The Hall–Kier alpha value is -1.81. The average Bonchev–Trinajstić information content (AvgIpc) is 2.34. The first-order valence-corrected chi connectivity index (χ1v) is 5.83. The van der Waals surface area contributed by atoms with E-state index in [0.29, 0.717) is 20.2 Å². The minimum absolute atomic E-state index is 0.000995. The van der Waals surface area contributed by atoms with E-state index in [2.05, 4.69) is 31.9 Å². The van der Waals surface area contributed by atoms with Crippen LogP contribution < -0.4 is 5.73 Å². The number of benzene rings is 1. The molecule has 17 heavy (non-hydrogen) atoms. The number of rotatable bonds is 1. The van der Waals surface area contributed by atoms with Gasteiger partial charge in [-0.15, -0.1) is 0 Å². The molecule has 0 aromatic heterocycles. The summed E-state index contributed by atoms with van der Waals surface area (Å²) in [5.41, 5.74) is 6.36. The van der Waals surface area contributed by atoms with Crippen molar-refractivity contribution in [1.82, 2.24) is 0 Å². The molecule has 1 rings (SSSR count). The third-order valence-corrected chi connectivity index (χ3v) is 3.53. The lowest BCUT2D eigenvalue weighted by atomic mass is 10.0. The van der Waals surface area contributed by atoms with E-state index in [1.165, 1.54) is 0 Å². The largest absolute Gasteiger partial charge is 0.397 e. The molecule has 0 bridgehead atoms. The number of allylic oxidation sites excluding steroid dienone is 2. The molecule has 0 saturated carbocycles. The molecule has 0 atom stereocenters. The molecule has 0 aliphatic rings.